The second-order valence-electron chi connectivity index (χ2n) is 10.3. The zero-order valence-electron chi connectivity index (χ0n) is 23.0. The Morgan fingerprint density at radius 3 is 2.69 bits per heavy atom. The highest BCUT2D eigenvalue weighted by molar-refractivity contribution is 5.93. The van der Waals surface area contributed by atoms with E-state index in [0.29, 0.717) is 36.4 Å². The maximum atomic E-state index is 14.1. The summed E-state index contributed by atoms with van der Waals surface area (Å²) < 4.78 is 50.2. The zero-order valence-corrected chi connectivity index (χ0v) is 23.0. The molecule has 13 heteroatoms. The summed E-state index contributed by atoms with van der Waals surface area (Å²) in [6.07, 6.45) is 0.00652. The lowest BCUT2D eigenvalue weighted by Crippen LogP contribution is -2.31. The van der Waals surface area contributed by atoms with Crippen molar-refractivity contribution in [1.82, 2.24) is 24.3 Å². The lowest BCUT2D eigenvalue weighted by atomic mass is 9.88. The molecule has 10 nitrogen and oxygen atoms in total. The Hall–Kier alpha value is -4.94. The Morgan fingerprint density at radius 1 is 1.14 bits per heavy atom. The molecule has 42 heavy (non-hydrogen) atoms. The van der Waals surface area contributed by atoms with E-state index in [1.165, 1.54) is 30.2 Å². The third kappa shape index (κ3) is 4.91. The van der Waals surface area contributed by atoms with Crippen molar-refractivity contribution in [2.75, 3.05) is 18.6 Å². The quantitative estimate of drug-likeness (QED) is 0.189. The van der Waals surface area contributed by atoms with Crippen molar-refractivity contribution in [3.05, 3.63) is 93.2 Å². The molecule has 0 saturated heterocycles. The van der Waals surface area contributed by atoms with Crippen molar-refractivity contribution in [1.29, 1.82) is 0 Å². The molecule has 3 aromatic heterocycles. The summed E-state index contributed by atoms with van der Waals surface area (Å²) in [4.78, 5) is 21.6. The highest BCUT2D eigenvalue weighted by Gasteiger charge is 2.38. The van der Waals surface area contributed by atoms with Gasteiger partial charge in [-0.15, -0.1) is 0 Å². The molecule has 0 atom stereocenters. The van der Waals surface area contributed by atoms with Gasteiger partial charge >= 0.3 is 12.1 Å². The number of benzene rings is 2. The van der Waals surface area contributed by atoms with E-state index in [0.717, 1.165) is 38.1 Å². The summed E-state index contributed by atoms with van der Waals surface area (Å²) in [6, 6.07) is 11.3. The van der Waals surface area contributed by atoms with E-state index in [2.05, 4.69) is 20.0 Å². The molecule has 2 aromatic carbocycles. The lowest BCUT2D eigenvalue weighted by Gasteiger charge is -2.33. The molecule has 0 fully saturated rings. The minimum absolute atomic E-state index is 0.0216. The van der Waals surface area contributed by atoms with E-state index in [-0.39, 0.29) is 18.1 Å². The highest BCUT2D eigenvalue weighted by atomic mass is 19.4. The van der Waals surface area contributed by atoms with Crippen LogP contribution in [0.4, 0.5) is 24.8 Å². The van der Waals surface area contributed by atoms with Crippen LogP contribution in [0, 0.1) is 17.0 Å². The molecule has 5 aromatic rings. The molecule has 0 spiro atoms. The number of hydrogen-bond donors (Lipinski definition) is 0. The summed E-state index contributed by atoms with van der Waals surface area (Å²) in [6.45, 7) is 2.95. The van der Waals surface area contributed by atoms with Crippen LogP contribution >= 0.6 is 0 Å². The van der Waals surface area contributed by atoms with Crippen LogP contribution in [0.25, 0.3) is 22.0 Å². The molecule has 0 radical (unpaired) electrons. The number of hydrogen-bond acceptors (Lipinski definition) is 7. The van der Waals surface area contributed by atoms with Gasteiger partial charge in [0.25, 0.3) is 0 Å². The van der Waals surface area contributed by atoms with E-state index in [1.807, 2.05) is 37.3 Å². The van der Waals surface area contributed by atoms with Crippen LogP contribution in [0.1, 0.15) is 28.1 Å². The number of halogens is 3. The third-order valence-electron chi connectivity index (χ3n) is 7.45. The number of rotatable bonds is 6. The molecule has 6 rings (SSSR count). The van der Waals surface area contributed by atoms with Crippen molar-refractivity contribution in [2.45, 2.75) is 32.6 Å². The van der Waals surface area contributed by atoms with E-state index >= 15 is 0 Å². The van der Waals surface area contributed by atoms with Gasteiger partial charge in [0.15, 0.2) is 5.69 Å². The highest BCUT2D eigenvalue weighted by Crippen LogP contribution is 2.41. The summed E-state index contributed by atoms with van der Waals surface area (Å²) in [5, 5.41) is 16.1. The van der Waals surface area contributed by atoms with Crippen LogP contribution in [0.15, 0.2) is 55.0 Å². The monoisotopic (exact) mass is 577 g/mol. The zero-order chi connectivity index (χ0) is 29.8. The molecule has 0 N–H and O–H groups in total. The molecule has 1 aliphatic rings. The van der Waals surface area contributed by atoms with Crippen LogP contribution < -0.4 is 9.64 Å². The minimum atomic E-state index is -4.66. The number of ether oxygens (including phenoxy) is 1. The fourth-order valence-corrected chi connectivity index (χ4v) is 5.70. The van der Waals surface area contributed by atoms with Gasteiger partial charge in [-0.05, 0) is 70.9 Å². The summed E-state index contributed by atoms with van der Waals surface area (Å²) in [5.74, 6) is 0.343. The number of imidazole rings is 1. The Labute approximate surface area is 238 Å². The number of anilines is 1. The Balaban J connectivity index is 1.50. The molecule has 0 aliphatic carbocycles. The second kappa shape index (κ2) is 10.2. The van der Waals surface area contributed by atoms with Gasteiger partial charge in [0.05, 0.1) is 19.2 Å². The molecule has 0 saturated carbocycles. The van der Waals surface area contributed by atoms with E-state index in [9.17, 15) is 23.3 Å². The van der Waals surface area contributed by atoms with Crippen molar-refractivity contribution < 1.29 is 22.8 Å². The van der Waals surface area contributed by atoms with E-state index < -0.39 is 16.8 Å². The number of fused-ring (bicyclic) bond motifs is 2. The smallest absolute Gasteiger partial charge is 0.435 e. The van der Waals surface area contributed by atoms with Gasteiger partial charge in [0, 0.05) is 48.7 Å². The average Bonchev–Trinajstić information content (AvgIpc) is 3.58. The fourth-order valence-electron chi connectivity index (χ4n) is 5.70. The topological polar surface area (TPSA) is 104 Å². The van der Waals surface area contributed by atoms with Gasteiger partial charge in [-0.25, -0.2) is 4.57 Å². The predicted octanol–water partition coefficient (Wildman–Crippen LogP) is 5.69. The fraction of sp³-hybridized carbons (Fsp3) is 0.276. The van der Waals surface area contributed by atoms with Crippen molar-refractivity contribution >= 4 is 22.5 Å². The molecule has 0 amide bonds. The van der Waals surface area contributed by atoms with Gasteiger partial charge in [-0.2, -0.15) is 18.3 Å². The molecule has 0 unspecified atom stereocenters. The number of alkyl halides is 3. The first-order valence-corrected chi connectivity index (χ1v) is 13.1. The number of nitrogens with zero attached hydrogens (tertiary/aromatic N) is 7. The maximum absolute atomic E-state index is 14.1. The maximum Gasteiger partial charge on any atom is 0.435 e. The van der Waals surface area contributed by atoms with Crippen molar-refractivity contribution in [3.63, 3.8) is 0 Å². The second-order valence-corrected chi connectivity index (χ2v) is 10.3. The summed E-state index contributed by atoms with van der Waals surface area (Å²) >= 11 is 0. The number of nitro groups is 1. The van der Waals surface area contributed by atoms with Crippen molar-refractivity contribution in [2.24, 2.45) is 7.05 Å². The van der Waals surface area contributed by atoms with Crippen LogP contribution in [0.5, 0.6) is 5.75 Å². The molecule has 216 valence electrons. The van der Waals surface area contributed by atoms with E-state index in [1.54, 1.807) is 13.2 Å². The normalized spacial score (nSPS) is 13.4. The van der Waals surface area contributed by atoms with E-state index in [4.69, 9.17) is 4.74 Å². The number of aromatic nitrogens is 5. The van der Waals surface area contributed by atoms with Crippen molar-refractivity contribution in [3.8, 4) is 16.9 Å². The number of pyridine rings is 1. The predicted molar refractivity (Wildman–Crippen MR) is 149 cm³/mol. The van der Waals surface area contributed by atoms with Crippen LogP contribution in [-0.2, 0) is 32.7 Å². The first-order chi connectivity index (χ1) is 20.0. The van der Waals surface area contributed by atoms with Gasteiger partial charge in [0.2, 0.25) is 0 Å². The minimum Gasteiger partial charge on any atom is -0.497 e. The summed E-state index contributed by atoms with van der Waals surface area (Å²) in [5.41, 5.74) is 4.25. The molecule has 1 aliphatic heterocycles. The number of methoxy groups -OCH3 is 1. The Bertz CT molecular complexity index is 1840. The SMILES string of the molecule is COc1ccc2nc(C)cc(N3CCc4c(cc(Cn5ccnc5[N+](=O)[O-])cc4-c4cn(C)nc4C(F)(F)F)C3)c2c1. The van der Waals surface area contributed by atoms with Crippen LogP contribution in [0.2, 0.25) is 0 Å². The Morgan fingerprint density at radius 2 is 1.95 bits per heavy atom. The Kier molecular flexibility index (Phi) is 6.59. The largest absolute Gasteiger partial charge is 0.497 e. The molecular weight excluding hydrogens is 551 g/mol. The van der Waals surface area contributed by atoms with Gasteiger partial charge < -0.3 is 19.8 Å². The third-order valence-corrected chi connectivity index (χ3v) is 7.45. The van der Waals surface area contributed by atoms with Gasteiger partial charge in [-0.3, -0.25) is 9.67 Å². The van der Waals surface area contributed by atoms with Gasteiger partial charge in [-0.1, -0.05) is 11.1 Å². The lowest BCUT2D eigenvalue weighted by molar-refractivity contribution is -0.396. The molecule has 4 heterocycles. The molecule has 0 bridgehead atoms. The first-order valence-electron chi connectivity index (χ1n) is 13.1. The summed E-state index contributed by atoms with van der Waals surface area (Å²) in [7, 11) is 3.05. The molecular formula is C29H26F3N7O3. The van der Waals surface area contributed by atoms with Gasteiger partial charge in [0.1, 0.15) is 18.1 Å². The van der Waals surface area contributed by atoms with Crippen LogP contribution in [-0.4, -0.2) is 42.9 Å². The average molecular weight is 578 g/mol. The number of aryl methyl sites for hydroxylation is 2. The standard InChI is InChI=1S/C29H26F3N7O3/c1-17-10-26(23-13-20(42-3)4-5-25(23)34-17)37-8-6-21-19(15-37)11-18(14-38-9-7-33-28(38)39(40)41)12-22(21)24-16-36(2)35-27(24)29(30,31)32/h4-5,7,9-13,16H,6,8,14-15H2,1-3H3. The first kappa shape index (κ1) is 27.2. The van der Waals surface area contributed by atoms with Crippen LogP contribution in [0.3, 0.4) is 0 Å².